The summed E-state index contributed by atoms with van der Waals surface area (Å²) in [5, 5.41) is 0. The van der Waals surface area contributed by atoms with Gasteiger partial charge in [0.15, 0.2) is 22.2 Å². The van der Waals surface area contributed by atoms with Crippen molar-refractivity contribution in [2.45, 2.75) is 131 Å². The molecule has 0 saturated heterocycles. The zero-order valence-electron chi connectivity index (χ0n) is 29.1. The second kappa shape index (κ2) is 15.3. The van der Waals surface area contributed by atoms with Crippen LogP contribution in [0.4, 0.5) is 0 Å². The molecular weight excluding hydrogens is 593 g/mol. The smallest absolute Gasteiger partial charge is 0.209 e. The minimum absolute atomic E-state index is 0.0684. The van der Waals surface area contributed by atoms with Gasteiger partial charge in [-0.25, -0.2) is 0 Å². The van der Waals surface area contributed by atoms with Crippen molar-refractivity contribution in [3.63, 3.8) is 0 Å². The van der Waals surface area contributed by atoms with E-state index in [1.54, 1.807) is 0 Å². The van der Waals surface area contributed by atoms with Gasteiger partial charge in [-0.15, -0.1) is 0 Å². The fourth-order valence-electron chi connectivity index (χ4n) is 8.25. The zero-order valence-corrected chi connectivity index (χ0v) is 29.9. The molecule has 2 nitrogen and oxygen atoms in total. The van der Waals surface area contributed by atoms with Crippen LogP contribution in [0.5, 0.6) is 11.5 Å². The van der Waals surface area contributed by atoms with E-state index in [1.165, 1.54) is 94.7 Å². The van der Waals surface area contributed by atoms with Gasteiger partial charge >= 0.3 is 0 Å². The van der Waals surface area contributed by atoms with Crippen molar-refractivity contribution in [1.29, 1.82) is 0 Å². The minimum Gasteiger partial charge on any atom is -0.447 e. The van der Waals surface area contributed by atoms with Gasteiger partial charge in [-0.2, -0.15) is 0 Å². The van der Waals surface area contributed by atoms with Crippen LogP contribution in [-0.2, 0) is 16.3 Å². The molecule has 4 aromatic rings. The molecule has 0 spiro atoms. The molecule has 1 aliphatic heterocycles. The Morgan fingerprint density at radius 2 is 1.32 bits per heavy atom. The van der Waals surface area contributed by atoms with E-state index in [0.717, 1.165) is 42.2 Å². The third-order valence-electron chi connectivity index (χ3n) is 10.7. The van der Waals surface area contributed by atoms with Crippen LogP contribution in [-0.4, -0.2) is 5.78 Å². The fraction of sp³-hybridized carbons (Fsp3) is 0.432. The normalized spacial score (nSPS) is 16.2. The average molecular weight is 646 g/mol. The van der Waals surface area contributed by atoms with Crippen molar-refractivity contribution in [2.24, 2.45) is 5.92 Å². The van der Waals surface area contributed by atoms with E-state index in [2.05, 4.69) is 98.8 Å². The van der Waals surface area contributed by atoms with E-state index >= 15 is 0 Å². The molecule has 0 atom stereocenters. The maximum Gasteiger partial charge on any atom is 0.209 e. The molecule has 1 saturated carbocycles. The van der Waals surface area contributed by atoms with Gasteiger partial charge in [0.25, 0.3) is 0 Å². The van der Waals surface area contributed by atoms with E-state index in [1.807, 2.05) is 13.8 Å². The lowest BCUT2D eigenvalue weighted by atomic mass is 9.70. The molecule has 3 aliphatic rings. The summed E-state index contributed by atoms with van der Waals surface area (Å²) in [6.07, 6.45) is 15.3. The Morgan fingerprint density at radius 1 is 0.745 bits per heavy atom. The van der Waals surface area contributed by atoms with Crippen LogP contribution in [0.25, 0.3) is 11.1 Å². The van der Waals surface area contributed by atoms with E-state index in [-0.39, 0.29) is 16.3 Å². The summed E-state index contributed by atoms with van der Waals surface area (Å²) in [4.78, 5) is 17.5. The van der Waals surface area contributed by atoms with Gasteiger partial charge in [0, 0.05) is 17.4 Å². The van der Waals surface area contributed by atoms with Crippen molar-refractivity contribution < 1.29 is 9.53 Å². The van der Waals surface area contributed by atoms with Crippen molar-refractivity contribution in [3.8, 4) is 22.6 Å². The van der Waals surface area contributed by atoms with E-state index in [4.69, 9.17) is 4.74 Å². The van der Waals surface area contributed by atoms with Gasteiger partial charge in [-0.05, 0) is 96.0 Å². The molecule has 3 heteroatoms. The molecule has 246 valence electrons. The molecule has 0 bridgehead atoms. The lowest BCUT2D eigenvalue weighted by molar-refractivity contribution is 0.0970. The summed E-state index contributed by atoms with van der Waals surface area (Å²) in [5.41, 5.74) is 6.42. The summed E-state index contributed by atoms with van der Waals surface area (Å²) < 4.78 is 6.39. The monoisotopic (exact) mass is 645 g/mol. The van der Waals surface area contributed by atoms with E-state index < -0.39 is 0 Å². The molecule has 0 radical (unpaired) electrons. The largest absolute Gasteiger partial charge is 0.447 e. The molecule has 0 N–H and O–H groups in total. The van der Waals surface area contributed by atoms with Gasteiger partial charge in [0.1, 0.15) is 10.9 Å². The number of carbonyl (C=O) groups excluding carboxylic acids is 1. The molecule has 1 fully saturated rings. The first-order valence-corrected chi connectivity index (χ1v) is 19.8. The maximum absolute atomic E-state index is 13.7. The minimum atomic E-state index is -0.257. The summed E-state index contributed by atoms with van der Waals surface area (Å²) in [6, 6.07) is 31.1. The van der Waals surface area contributed by atoms with Crippen LogP contribution in [0.15, 0.2) is 99.6 Å². The zero-order chi connectivity index (χ0) is 32.8. The first-order valence-electron chi connectivity index (χ1n) is 18.6. The highest BCUT2D eigenvalue weighted by Crippen LogP contribution is 2.56. The fourth-order valence-corrected chi connectivity index (χ4v) is 10.5. The summed E-state index contributed by atoms with van der Waals surface area (Å²) in [5.74, 6) is 2.98. The van der Waals surface area contributed by atoms with Gasteiger partial charge in [0.05, 0.1) is 0 Å². The Balaban J connectivity index is 0.00000190. The SMILES string of the molecule is CC.CCCCC1(CCCC)c2cc(C(=O)CCC3CCCCC3)ccc2-c2ccc([S+]3c4ccccc4Oc4ccccc43)cc21. The molecule has 0 amide bonds. The summed E-state index contributed by atoms with van der Waals surface area (Å²) in [6.45, 7) is 8.62. The molecule has 47 heavy (non-hydrogen) atoms. The van der Waals surface area contributed by atoms with Gasteiger partial charge in [0.2, 0.25) is 9.79 Å². The van der Waals surface area contributed by atoms with Crippen LogP contribution in [0.3, 0.4) is 0 Å². The topological polar surface area (TPSA) is 26.3 Å². The molecule has 1 heterocycles. The second-order valence-electron chi connectivity index (χ2n) is 13.5. The van der Waals surface area contributed by atoms with Gasteiger partial charge in [-0.1, -0.05) is 122 Å². The number of benzene rings is 4. The number of fused-ring (bicyclic) bond motifs is 5. The number of Topliss-reactive ketones (excluding diaryl/α,β-unsaturated/α-hetero) is 1. The molecular formula is C44H53O2S+. The average Bonchev–Trinajstić information content (AvgIpc) is 3.40. The number of hydrogen-bond acceptors (Lipinski definition) is 2. The first-order chi connectivity index (χ1) is 23.1. The Bertz CT molecular complexity index is 1630. The highest BCUT2D eigenvalue weighted by Gasteiger charge is 2.45. The lowest BCUT2D eigenvalue weighted by Gasteiger charge is -2.33. The third-order valence-corrected chi connectivity index (χ3v) is 12.9. The maximum atomic E-state index is 13.7. The number of hydrogen-bond donors (Lipinski definition) is 0. The number of rotatable bonds is 11. The van der Waals surface area contributed by atoms with E-state index in [9.17, 15) is 4.79 Å². The van der Waals surface area contributed by atoms with Crippen molar-refractivity contribution >= 4 is 16.7 Å². The Kier molecular flexibility index (Phi) is 10.9. The molecule has 0 aromatic heterocycles. The predicted octanol–water partition coefficient (Wildman–Crippen LogP) is 13.1. The van der Waals surface area contributed by atoms with Crippen molar-refractivity contribution in [1.82, 2.24) is 0 Å². The lowest BCUT2D eigenvalue weighted by Crippen LogP contribution is -2.26. The van der Waals surface area contributed by atoms with Gasteiger partial charge in [-0.3, -0.25) is 4.79 Å². The number of carbonyl (C=O) groups is 1. The predicted molar refractivity (Wildman–Crippen MR) is 198 cm³/mol. The Hall–Kier alpha value is -3.30. The molecule has 7 rings (SSSR count). The quantitative estimate of drug-likeness (QED) is 0.106. The van der Waals surface area contributed by atoms with Gasteiger partial charge < -0.3 is 4.74 Å². The van der Waals surface area contributed by atoms with Crippen LogP contribution in [0.1, 0.15) is 133 Å². The van der Waals surface area contributed by atoms with Crippen molar-refractivity contribution in [3.05, 3.63) is 102 Å². The summed E-state index contributed by atoms with van der Waals surface area (Å²) in [7, 11) is -0.257. The molecule has 0 unspecified atom stereocenters. The first kappa shape index (κ1) is 33.6. The third kappa shape index (κ3) is 6.58. The number of unbranched alkanes of at least 4 members (excludes halogenated alkanes) is 2. The Morgan fingerprint density at radius 3 is 1.94 bits per heavy atom. The van der Waals surface area contributed by atoms with Crippen molar-refractivity contribution in [2.75, 3.05) is 0 Å². The number of ketones is 1. The highest BCUT2D eigenvalue weighted by atomic mass is 32.2. The second-order valence-corrected chi connectivity index (χ2v) is 15.5. The molecule has 2 aliphatic carbocycles. The number of ether oxygens (including phenoxy) is 1. The van der Waals surface area contributed by atoms with Crippen LogP contribution in [0.2, 0.25) is 0 Å². The van der Waals surface area contributed by atoms with Crippen LogP contribution < -0.4 is 4.74 Å². The van der Waals surface area contributed by atoms with Crippen LogP contribution >= 0.6 is 0 Å². The highest BCUT2D eigenvalue weighted by molar-refractivity contribution is 7.97. The standard InChI is InChI=1S/C42H47O2S.C2H6/c1-3-5-26-42(27-6-4-2)35-28-31(37(43)25-20-30-14-8-7-9-15-30)21-23-33(35)34-24-22-32(29-36(34)42)45-40-18-12-10-16-38(40)44-39-17-11-13-19-41(39)45;1-2/h10-13,16-19,21-24,28-30H,3-9,14-15,20,25-27H2,1-2H3;1-2H3/q+1;. The Labute approximate surface area is 286 Å². The summed E-state index contributed by atoms with van der Waals surface area (Å²) >= 11 is 0. The van der Waals surface area contributed by atoms with Crippen LogP contribution in [0, 0.1) is 5.92 Å². The van der Waals surface area contributed by atoms with E-state index in [0.29, 0.717) is 12.2 Å². The number of para-hydroxylation sites is 2. The molecule has 4 aromatic carbocycles.